The maximum absolute atomic E-state index is 15.0. The number of halogens is 1. The number of hydrogen-bond donors (Lipinski definition) is 0. The summed E-state index contributed by atoms with van der Waals surface area (Å²) in [5.74, 6) is -2.16. The van der Waals surface area contributed by atoms with Crippen molar-refractivity contribution >= 4 is 62.5 Å². The minimum atomic E-state index is -1.95. The normalized spacial score (nSPS) is 17.0. The molecular formula is C33H22ClN3O6S. The molecule has 1 unspecified atom stereocenters. The fourth-order valence-electron chi connectivity index (χ4n) is 5.91. The summed E-state index contributed by atoms with van der Waals surface area (Å²) in [5, 5.41) is 0.820. The van der Waals surface area contributed by atoms with Crippen molar-refractivity contribution in [1.29, 1.82) is 0 Å². The topological polar surface area (TPSA) is 110 Å². The molecule has 2 aromatic heterocycles. The van der Waals surface area contributed by atoms with Crippen molar-refractivity contribution in [2.45, 2.75) is 19.0 Å². The third-order valence-electron chi connectivity index (χ3n) is 7.78. The zero-order valence-corrected chi connectivity index (χ0v) is 24.8. The number of aryl methyl sites for hydroxylation is 1. The molecule has 44 heavy (non-hydrogen) atoms. The van der Waals surface area contributed by atoms with Crippen molar-refractivity contribution in [3.05, 3.63) is 134 Å². The van der Waals surface area contributed by atoms with E-state index < -0.39 is 28.8 Å². The molecule has 0 fully saturated rings. The number of thiazole rings is 1. The largest absolute Gasteiger partial charge is 0.457 e. The van der Waals surface area contributed by atoms with Crippen LogP contribution < -0.4 is 15.2 Å². The summed E-state index contributed by atoms with van der Waals surface area (Å²) in [6.07, 6.45) is 1.44. The van der Waals surface area contributed by atoms with Gasteiger partial charge in [0, 0.05) is 10.6 Å². The highest BCUT2D eigenvalue weighted by Gasteiger charge is 2.66. The molecule has 4 heterocycles. The van der Waals surface area contributed by atoms with Crippen LogP contribution in [0.1, 0.15) is 42.6 Å². The Morgan fingerprint density at radius 1 is 1.07 bits per heavy atom. The first kappa shape index (κ1) is 27.8. The highest BCUT2D eigenvalue weighted by atomic mass is 35.5. The van der Waals surface area contributed by atoms with Gasteiger partial charge in [0.25, 0.3) is 11.8 Å². The SMILES string of the molecule is C=CCOC(=O)c1sc(N2C(=O)c3oc4ccccc4c(=O)c3C23C(=O)N(Cc2ccc(Cl)cc2)c2ccccc23)nc1C. The smallest absolute Gasteiger partial charge is 0.350 e. The van der Waals surface area contributed by atoms with E-state index in [1.54, 1.807) is 72.5 Å². The van der Waals surface area contributed by atoms with Gasteiger partial charge in [-0.15, -0.1) is 0 Å². The van der Waals surface area contributed by atoms with Crippen molar-refractivity contribution < 1.29 is 23.5 Å². The van der Waals surface area contributed by atoms with E-state index >= 15 is 4.79 Å². The number of aromatic nitrogens is 1. The second-order valence-corrected chi connectivity index (χ2v) is 11.7. The third kappa shape index (κ3) is 3.88. The van der Waals surface area contributed by atoms with Crippen molar-refractivity contribution in [3.63, 3.8) is 0 Å². The predicted octanol–water partition coefficient (Wildman–Crippen LogP) is 6.00. The third-order valence-corrected chi connectivity index (χ3v) is 9.15. The van der Waals surface area contributed by atoms with Gasteiger partial charge < -0.3 is 14.1 Å². The Balaban J connectivity index is 1.50. The van der Waals surface area contributed by atoms with Crippen LogP contribution in [0.5, 0.6) is 0 Å². The van der Waals surface area contributed by atoms with E-state index in [2.05, 4.69) is 11.6 Å². The molecule has 0 aliphatic carbocycles. The first-order chi connectivity index (χ1) is 21.3. The fourth-order valence-corrected chi connectivity index (χ4v) is 7.04. The number of rotatable bonds is 6. The van der Waals surface area contributed by atoms with Crippen LogP contribution in [0, 0.1) is 6.92 Å². The second kappa shape index (κ2) is 10.3. The molecule has 2 amide bonds. The molecule has 3 aromatic carbocycles. The standard InChI is InChI=1S/C33H22ClN3O6S/c1-3-16-42-30(40)28-18(2)35-32(44-28)37-29(39)27-25(26(38)21-8-4-7-11-24(21)43-27)33(37)22-9-5-6-10-23(22)36(31(33)41)17-19-12-14-20(34)15-13-19/h3-15H,1,16-17H2,2H3. The average molecular weight is 624 g/mol. The molecule has 11 heteroatoms. The van der Waals surface area contributed by atoms with E-state index in [9.17, 15) is 14.4 Å². The molecule has 7 rings (SSSR count). The zero-order chi connectivity index (χ0) is 30.7. The molecule has 0 saturated carbocycles. The van der Waals surface area contributed by atoms with E-state index in [1.165, 1.54) is 11.0 Å². The van der Waals surface area contributed by atoms with Gasteiger partial charge in [-0.1, -0.05) is 78.1 Å². The van der Waals surface area contributed by atoms with Crippen molar-refractivity contribution in [1.82, 2.24) is 4.98 Å². The summed E-state index contributed by atoms with van der Waals surface area (Å²) in [5.41, 5.74) is -0.321. The Bertz CT molecular complexity index is 2100. The van der Waals surface area contributed by atoms with Gasteiger partial charge in [0.2, 0.25) is 5.76 Å². The van der Waals surface area contributed by atoms with Gasteiger partial charge >= 0.3 is 5.97 Å². The van der Waals surface area contributed by atoms with E-state index in [1.807, 2.05) is 12.1 Å². The number of hydrogen-bond acceptors (Lipinski definition) is 8. The van der Waals surface area contributed by atoms with Crippen LogP contribution in [0.3, 0.4) is 0 Å². The highest BCUT2D eigenvalue weighted by molar-refractivity contribution is 7.17. The molecule has 1 atom stereocenters. The first-order valence-corrected chi connectivity index (χ1v) is 14.8. The monoisotopic (exact) mass is 623 g/mol. The van der Waals surface area contributed by atoms with Crippen LogP contribution >= 0.6 is 22.9 Å². The molecule has 2 aliphatic rings. The minimum Gasteiger partial charge on any atom is -0.457 e. The van der Waals surface area contributed by atoms with Gasteiger partial charge in [0.15, 0.2) is 16.1 Å². The molecule has 0 radical (unpaired) electrons. The van der Waals surface area contributed by atoms with Gasteiger partial charge in [-0.3, -0.25) is 19.3 Å². The summed E-state index contributed by atoms with van der Waals surface area (Å²) in [7, 11) is 0. The molecule has 2 aliphatic heterocycles. The van der Waals surface area contributed by atoms with Crippen LogP contribution in [0.25, 0.3) is 11.0 Å². The number of amides is 2. The van der Waals surface area contributed by atoms with Crippen molar-refractivity contribution in [2.75, 3.05) is 16.4 Å². The lowest BCUT2D eigenvalue weighted by atomic mass is 9.84. The maximum atomic E-state index is 15.0. The number of para-hydroxylation sites is 2. The summed E-state index contributed by atoms with van der Waals surface area (Å²) >= 11 is 7.01. The molecule has 0 bridgehead atoms. The summed E-state index contributed by atoms with van der Waals surface area (Å²) in [4.78, 5) is 64.1. The lowest BCUT2D eigenvalue weighted by Crippen LogP contribution is -2.53. The quantitative estimate of drug-likeness (QED) is 0.168. The Morgan fingerprint density at radius 2 is 1.80 bits per heavy atom. The number of anilines is 2. The molecule has 0 saturated heterocycles. The number of nitrogens with zero attached hydrogens (tertiary/aromatic N) is 3. The molecule has 0 N–H and O–H groups in total. The number of carbonyl (C=O) groups excluding carboxylic acids is 3. The van der Waals surface area contributed by atoms with Gasteiger partial charge in [-0.05, 0) is 42.8 Å². The van der Waals surface area contributed by atoms with Crippen LogP contribution in [-0.4, -0.2) is 29.4 Å². The Kier molecular flexibility index (Phi) is 6.49. The molecule has 5 aromatic rings. The maximum Gasteiger partial charge on any atom is 0.350 e. The summed E-state index contributed by atoms with van der Waals surface area (Å²) < 4.78 is 11.3. The molecule has 218 valence electrons. The summed E-state index contributed by atoms with van der Waals surface area (Å²) in [6, 6.07) is 20.7. The Hall–Kier alpha value is -5.06. The second-order valence-electron chi connectivity index (χ2n) is 10.3. The number of fused-ring (bicyclic) bond motifs is 5. The van der Waals surface area contributed by atoms with Crippen molar-refractivity contribution in [3.8, 4) is 0 Å². The van der Waals surface area contributed by atoms with E-state index in [0.717, 1.165) is 16.9 Å². The van der Waals surface area contributed by atoms with Crippen LogP contribution in [0.4, 0.5) is 10.8 Å². The zero-order valence-electron chi connectivity index (χ0n) is 23.2. The van der Waals surface area contributed by atoms with Crippen LogP contribution in [0.15, 0.2) is 94.7 Å². The van der Waals surface area contributed by atoms with E-state index in [-0.39, 0.29) is 45.5 Å². The van der Waals surface area contributed by atoms with E-state index in [4.69, 9.17) is 20.8 Å². The summed E-state index contributed by atoms with van der Waals surface area (Å²) in [6.45, 7) is 5.31. The van der Waals surface area contributed by atoms with E-state index in [0.29, 0.717) is 22.0 Å². The number of benzene rings is 3. The molecular weight excluding hydrogens is 602 g/mol. The van der Waals surface area contributed by atoms with Gasteiger partial charge in [-0.2, -0.15) is 0 Å². The highest BCUT2D eigenvalue weighted by Crippen LogP contribution is 2.55. The van der Waals surface area contributed by atoms with Crippen molar-refractivity contribution in [2.24, 2.45) is 0 Å². The fraction of sp³-hybridized carbons (Fsp3) is 0.121. The molecule has 1 spiro atoms. The Morgan fingerprint density at radius 3 is 2.57 bits per heavy atom. The molecule has 9 nitrogen and oxygen atoms in total. The lowest BCUT2D eigenvalue weighted by Gasteiger charge is -2.32. The van der Waals surface area contributed by atoms with Crippen LogP contribution in [-0.2, 0) is 21.6 Å². The first-order valence-electron chi connectivity index (χ1n) is 13.6. The lowest BCUT2D eigenvalue weighted by molar-refractivity contribution is -0.121. The van der Waals surface area contributed by atoms with Gasteiger partial charge in [0.05, 0.1) is 28.9 Å². The minimum absolute atomic E-state index is 0.0138. The number of ether oxygens (including phenoxy) is 1. The predicted molar refractivity (Wildman–Crippen MR) is 166 cm³/mol. The number of carbonyl (C=O) groups is 3. The average Bonchev–Trinajstić information content (AvgIpc) is 3.62. The van der Waals surface area contributed by atoms with Crippen LogP contribution in [0.2, 0.25) is 5.02 Å². The van der Waals surface area contributed by atoms with Gasteiger partial charge in [-0.25, -0.2) is 9.78 Å². The number of esters is 1. The van der Waals surface area contributed by atoms with Gasteiger partial charge in [0.1, 0.15) is 17.1 Å². The Labute approximate surface area is 259 Å².